The predicted octanol–water partition coefficient (Wildman–Crippen LogP) is 3.75. The van der Waals surface area contributed by atoms with Crippen LogP contribution in [0, 0.1) is 32.7 Å². The van der Waals surface area contributed by atoms with Crippen molar-refractivity contribution in [3.8, 4) is 6.07 Å². The van der Waals surface area contributed by atoms with Gasteiger partial charge in [-0.1, -0.05) is 19.3 Å². The summed E-state index contributed by atoms with van der Waals surface area (Å²) in [6.07, 6.45) is 5.06. The Labute approximate surface area is 111 Å². The number of hydrogen-bond donors (Lipinski definition) is 0. The largest absolute Gasteiger partial charge is 0.272 e. The van der Waals surface area contributed by atoms with Gasteiger partial charge in [-0.3, -0.25) is 10.1 Å². The van der Waals surface area contributed by atoms with E-state index in [4.69, 9.17) is 0 Å². The number of nitro groups is 1. The van der Waals surface area contributed by atoms with Gasteiger partial charge in [-0.25, -0.2) is 4.39 Å². The molecule has 0 aliphatic heterocycles. The molecule has 1 aromatic rings. The minimum absolute atomic E-state index is 0.251. The molecule has 0 saturated heterocycles. The molecule has 0 amide bonds. The second-order valence-corrected chi connectivity index (χ2v) is 5.20. The van der Waals surface area contributed by atoms with Crippen LogP contribution < -0.4 is 0 Å². The third kappa shape index (κ3) is 3.08. The van der Waals surface area contributed by atoms with Crippen LogP contribution in [0.4, 0.5) is 10.1 Å². The number of non-ortho nitro benzene ring substituents is 1. The zero-order chi connectivity index (χ0) is 13.9. The first kappa shape index (κ1) is 13.5. The molecule has 0 aromatic heterocycles. The Morgan fingerprint density at radius 2 is 2.00 bits per heavy atom. The van der Waals surface area contributed by atoms with Gasteiger partial charge < -0.3 is 0 Å². The van der Waals surface area contributed by atoms with E-state index in [9.17, 15) is 19.8 Å². The summed E-state index contributed by atoms with van der Waals surface area (Å²) in [6.45, 7) is 0. The van der Waals surface area contributed by atoms with E-state index >= 15 is 0 Å². The van der Waals surface area contributed by atoms with E-state index in [1.807, 2.05) is 0 Å². The molecule has 5 heteroatoms. The van der Waals surface area contributed by atoms with Gasteiger partial charge >= 0.3 is 0 Å². The lowest BCUT2D eigenvalue weighted by Crippen LogP contribution is -2.24. The van der Waals surface area contributed by atoms with Gasteiger partial charge in [0.25, 0.3) is 5.69 Å². The van der Waals surface area contributed by atoms with Crippen molar-refractivity contribution in [2.75, 3.05) is 0 Å². The third-order valence-electron chi connectivity index (χ3n) is 3.74. The maximum Gasteiger partial charge on any atom is 0.272 e. The van der Waals surface area contributed by atoms with E-state index in [2.05, 4.69) is 6.07 Å². The smallest absolute Gasteiger partial charge is 0.258 e. The average Bonchev–Trinajstić information content (AvgIpc) is 2.39. The maximum atomic E-state index is 13.4. The van der Waals surface area contributed by atoms with E-state index < -0.39 is 16.2 Å². The minimum atomic E-state index is -0.618. The molecule has 0 unspecified atom stereocenters. The van der Waals surface area contributed by atoms with Gasteiger partial charge in [-0.2, -0.15) is 5.26 Å². The Hall–Kier alpha value is -1.96. The van der Waals surface area contributed by atoms with Crippen molar-refractivity contribution in [1.82, 2.24) is 0 Å². The Bertz CT molecular complexity index is 531. The number of nitrogens with zero attached hydrogens (tertiary/aromatic N) is 2. The number of hydrogen-bond acceptors (Lipinski definition) is 3. The van der Waals surface area contributed by atoms with Crippen molar-refractivity contribution < 1.29 is 9.31 Å². The molecule has 0 heterocycles. The van der Waals surface area contributed by atoms with Crippen molar-refractivity contribution in [3.63, 3.8) is 0 Å². The quantitative estimate of drug-likeness (QED) is 0.615. The summed E-state index contributed by atoms with van der Waals surface area (Å²) in [5.74, 6) is -0.618. The summed E-state index contributed by atoms with van der Waals surface area (Å²) in [5, 5.41) is 20.1. The molecule has 1 aliphatic rings. The molecular formula is C14H15FN2O2. The summed E-state index contributed by atoms with van der Waals surface area (Å²) in [7, 11) is 0. The van der Waals surface area contributed by atoms with Gasteiger partial charge in [0.2, 0.25) is 0 Å². The molecule has 1 aromatic carbocycles. The van der Waals surface area contributed by atoms with Crippen molar-refractivity contribution >= 4 is 5.69 Å². The molecule has 0 radical (unpaired) electrons. The highest BCUT2D eigenvalue weighted by atomic mass is 19.1. The summed E-state index contributed by atoms with van der Waals surface area (Å²) < 4.78 is 13.4. The molecule has 1 fully saturated rings. The van der Waals surface area contributed by atoms with Gasteiger partial charge in [-0.15, -0.1) is 0 Å². The molecule has 0 spiro atoms. The Balaban J connectivity index is 2.27. The lowest BCUT2D eigenvalue weighted by molar-refractivity contribution is -0.385. The molecule has 2 rings (SSSR count). The fourth-order valence-corrected chi connectivity index (χ4v) is 2.79. The molecule has 0 bridgehead atoms. The second kappa shape index (κ2) is 5.35. The molecule has 0 N–H and O–H groups in total. The molecule has 1 saturated carbocycles. The zero-order valence-corrected chi connectivity index (χ0v) is 10.6. The number of benzene rings is 1. The standard InChI is InChI=1S/C14H15FN2O2/c15-12-6-11(7-13(8-12)17(18)19)9-14(10-16)4-2-1-3-5-14/h6-8H,1-5,9H2. The highest BCUT2D eigenvalue weighted by Gasteiger charge is 2.32. The number of rotatable bonds is 3. The third-order valence-corrected chi connectivity index (χ3v) is 3.74. The van der Waals surface area contributed by atoms with E-state index in [1.54, 1.807) is 0 Å². The summed E-state index contributed by atoms with van der Waals surface area (Å²) in [5.41, 5.74) is -0.200. The molecule has 19 heavy (non-hydrogen) atoms. The fourth-order valence-electron chi connectivity index (χ4n) is 2.79. The van der Waals surface area contributed by atoms with E-state index in [0.29, 0.717) is 12.0 Å². The fraction of sp³-hybridized carbons (Fsp3) is 0.500. The second-order valence-electron chi connectivity index (χ2n) is 5.20. The van der Waals surface area contributed by atoms with Crippen molar-refractivity contribution in [3.05, 3.63) is 39.7 Å². The molecule has 100 valence electrons. The minimum Gasteiger partial charge on any atom is -0.258 e. The number of nitriles is 1. The van der Waals surface area contributed by atoms with Crippen LogP contribution in [0.15, 0.2) is 18.2 Å². The first-order valence-electron chi connectivity index (χ1n) is 6.40. The van der Waals surface area contributed by atoms with Crippen molar-refractivity contribution in [2.24, 2.45) is 5.41 Å². The van der Waals surface area contributed by atoms with Crippen LogP contribution in [-0.2, 0) is 6.42 Å². The summed E-state index contributed by atoms with van der Waals surface area (Å²) in [4.78, 5) is 10.1. The first-order valence-corrected chi connectivity index (χ1v) is 6.40. The van der Waals surface area contributed by atoms with E-state index in [1.165, 1.54) is 12.1 Å². The average molecular weight is 262 g/mol. The van der Waals surface area contributed by atoms with Gasteiger partial charge in [0.05, 0.1) is 22.5 Å². The van der Waals surface area contributed by atoms with Crippen LogP contribution in [0.1, 0.15) is 37.7 Å². The Morgan fingerprint density at radius 3 is 2.58 bits per heavy atom. The van der Waals surface area contributed by atoms with Crippen molar-refractivity contribution in [1.29, 1.82) is 5.26 Å². The lowest BCUT2D eigenvalue weighted by atomic mass is 9.71. The van der Waals surface area contributed by atoms with Crippen LogP contribution in [0.2, 0.25) is 0 Å². The monoisotopic (exact) mass is 262 g/mol. The van der Waals surface area contributed by atoms with E-state index in [0.717, 1.165) is 38.2 Å². The lowest BCUT2D eigenvalue weighted by Gasteiger charge is -2.30. The topological polar surface area (TPSA) is 66.9 Å². The first-order chi connectivity index (χ1) is 9.04. The summed E-state index contributed by atoms with van der Waals surface area (Å²) >= 11 is 0. The van der Waals surface area contributed by atoms with Gasteiger partial charge in [0.1, 0.15) is 5.82 Å². The van der Waals surface area contributed by atoms with Gasteiger partial charge in [0, 0.05) is 6.07 Å². The number of nitro benzene ring substituents is 1. The van der Waals surface area contributed by atoms with Gasteiger partial charge in [0.15, 0.2) is 0 Å². The highest BCUT2D eigenvalue weighted by Crippen LogP contribution is 2.39. The maximum absolute atomic E-state index is 13.4. The Kier molecular flexibility index (Phi) is 3.79. The normalized spacial score (nSPS) is 17.7. The SMILES string of the molecule is N#CC1(Cc2cc(F)cc([N+](=O)[O-])c2)CCCCC1. The van der Waals surface area contributed by atoms with Crippen LogP contribution in [0.3, 0.4) is 0 Å². The molecule has 4 nitrogen and oxygen atoms in total. The molecule has 1 aliphatic carbocycles. The predicted molar refractivity (Wildman–Crippen MR) is 67.9 cm³/mol. The van der Waals surface area contributed by atoms with Crippen LogP contribution in [0.25, 0.3) is 0 Å². The van der Waals surface area contributed by atoms with Crippen molar-refractivity contribution in [2.45, 2.75) is 38.5 Å². The van der Waals surface area contributed by atoms with Crippen LogP contribution in [-0.4, -0.2) is 4.92 Å². The van der Waals surface area contributed by atoms with E-state index in [-0.39, 0.29) is 5.69 Å². The molecular weight excluding hydrogens is 247 g/mol. The highest BCUT2D eigenvalue weighted by molar-refractivity contribution is 5.36. The number of halogens is 1. The molecule has 0 atom stereocenters. The van der Waals surface area contributed by atoms with Crippen LogP contribution in [0.5, 0.6) is 0 Å². The zero-order valence-electron chi connectivity index (χ0n) is 10.6. The Morgan fingerprint density at radius 1 is 1.32 bits per heavy atom. The summed E-state index contributed by atoms with van der Waals surface area (Å²) in [6, 6.07) is 5.91. The van der Waals surface area contributed by atoms with Gasteiger partial charge in [-0.05, 0) is 30.9 Å². The van der Waals surface area contributed by atoms with Crippen LogP contribution >= 0.6 is 0 Å².